The number of hydrogen-bond donors (Lipinski definition) is 1. The molecule has 0 aromatic heterocycles. The quantitative estimate of drug-likeness (QED) is 0.701. The molecule has 0 heterocycles. The van der Waals surface area contributed by atoms with Gasteiger partial charge in [0.15, 0.2) is 0 Å². The van der Waals surface area contributed by atoms with Crippen LogP contribution in [-0.4, -0.2) is 11.1 Å². The van der Waals surface area contributed by atoms with Crippen molar-refractivity contribution in [2.45, 2.75) is 45.4 Å². The van der Waals surface area contributed by atoms with E-state index in [9.17, 15) is 4.79 Å². The van der Waals surface area contributed by atoms with Gasteiger partial charge in [0, 0.05) is 0 Å². The van der Waals surface area contributed by atoms with Crippen molar-refractivity contribution in [1.29, 1.82) is 0 Å². The van der Waals surface area contributed by atoms with Gasteiger partial charge in [-0.15, -0.1) is 6.58 Å². The molecule has 0 spiro atoms. The lowest BCUT2D eigenvalue weighted by atomic mass is 9.68. The number of carboxylic acid groups (broad SMARTS) is 1. The van der Waals surface area contributed by atoms with Gasteiger partial charge < -0.3 is 5.11 Å². The van der Waals surface area contributed by atoms with Gasteiger partial charge in [0.2, 0.25) is 0 Å². The molecule has 1 fully saturated rings. The number of carbonyl (C=O) groups is 1. The Morgan fingerprint density at radius 1 is 1.57 bits per heavy atom. The van der Waals surface area contributed by atoms with Crippen LogP contribution in [0.25, 0.3) is 0 Å². The van der Waals surface area contributed by atoms with E-state index in [0.717, 1.165) is 31.6 Å². The first-order chi connectivity index (χ1) is 6.62. The lowest BCUT2D eigenvalue weighted by Crippen LogP contribution is -2.28. The summed E-state index contributed by atoms with van der Waals surface area (Å²) in [6.45, 7) is 6.01. The predicted molar refractivity (Wildman–Crippen MR) is 57.1 cm³/mol. The second kappa shape index (κ2) is 4.63. The number of carboxylic acids is 1. The maximum atomic E-state index is 10.7. The predicted octanol–water partition coefficient (Wildman–Crippen LogP) is 3.23. The molecule has 0 aromatic carbocycles. The molecule has 1 aliphatic carbocycles. The van der Waals surface area contributed by atoms with Crippen molar-refractivity contribution < 1.29 is 9.90 Å². The number of rotatable bonds is 4. The number of hydrogen-bond acceptors (Lipinski definition) is 1. The van der Waals surface area contributed by atoms with E-state index in [1.54, 1.807) is 0 Å². The molecule has 2 heteroatoms. The number of aliphatic carboxylic acids is 1. The summed E-state index contributed by atoms with van der Waals surface area (Å²) in [4.78, 5) is 10.7. The molecule has 0 saturated heterocycles. The monoisotopic (exact) mass is 196 g/mol. The first kappa shape index (κ1) is 11.3. The molecular weight excluding hydrogens is 176 g/mol. The van der Waals surface area contributed by atoms with Gasteiger partial charge >= 0.3 is 5.97 Å². The first-order valence-corrected chi connectivity index (χ1v) is 5.47. The van der Waals surface area contributed by atoms with Crippen LogP contribution in [0.3, 0.4) is 0 Å². The summed E-state index contributed by atoms with van der Waals surface area (Å²) in [6, 6.07) is 0. The van der Waals surface area contributed by atoms with Crippen molar-refractivity contribution >= 4 is 5.97 Å². The molecular formula is C12H20O2. The van der Waals surface area contributed by atoms with Crippen LogP contribution in [0.5, 0.6) is 0 Å². The molecule has 0 unspecified atom stereocenters. The molecule has 2 nitrogen and oxygen atoms in total. The average Bonchev–Trinajstić information content (AvgIpc) is 2.18. The summed E-state index contributed by atoms with van der Waals surface area (Å²) in [5, 5.41) is 8.84. The average molecular weight is 196 g/mol. The zero-order valence-electron chi connectivity index (χ0n) is 8.96. The second-order valence-corrected chi connectivity index (χ2v) is 4.49. The van der Waals surface area contributed by atoms with Gasteiger partial charge in [-0.25, -0.2) is 0 Å². The Hall–Kier alpha value is -0.790. The van der Waals surface area contributed by atoms with Gasteiger partial charge in [-0.05, 0) is 37.0 Å². The summed E-state index contributed by atoms with van der Waals surface area (Å²) in [5.41, 5.74) is -0.114. The third kappa shape index (κ3) is 2.60. The molecule has 0 bridgehead atoms. The van der Waals surface area contributed by atoms with Gasteiger partial charge in [-0.2, -0.15) is 0 Å². The van der Waals surface area contributed by atoms with Crippen LogP contribution >= 0.6 is 0 Å². The molecule has 1 saturated carbocycles. The van der Waals surface area contributed by atoms with Crippen LogP contribution in [0.2, 0.25) is 0 Å². The van der Waals surface area contributed by atoms with Crippen molar-refractivity contribution in [1.82, 2.24) is 0 Å². The van der Waals surface area contributed by atoms with Crippen LogP contribution in [-0.2, 0) is 4.79 Å². The van der Waals surface area contributed by atoms with Crippen LogP contribution in [0, 0.1) is 11.3 Å². The summed E-state index contributed by atoms with van der Waals surface area (Å²) in [5.74, 6) is 0.108. The molecule has 0 aliphatic heterocycles. The van der Waals surface area contributed by atoms with E-state index in [4.69, 9.17) is 5.11 Å². The van der Waals surface area contributed by atoms with E-state index in [0.29, 0.717) is 0 Å². The van der Waals surface area contributed by atoms with Crippen LogP contribution in [0.15, 0.2) is 12.7 Å². The van der Waals surface area contributed by atoms with Gasteiger partial charge in [-0.3, -0.25) is 4.79 Å². The molecule has 1 N–H and O–H groups in total. The van der Waals surface area contributed by atoms with Gasteiger partial charge in [0.05, 0.1) is 6.42 Å². The topological polar surface area (TPSA) is 37.3 Å². The maximum absolute atomic E-state index is 10.7. The zero-order valence-corrected chi connectivity index (χ0v) is 8.96. The fraction of sp³-hybridized carbons (Fsp3) is 0.750. The SMILES string of the molecule is C=CC1(CC(=O)O)CCC(CC)CC1. The Morgan fingerprint density at radius 2 is 2.14 bits per heavy atom. The highest BCUT2D eigenvalue weighted by Gasteiger charge is 2.33. The molecule has 0 atom stereocenters. The minimum absolute atomic E-state index is 0.114. The maximum Gasteiger partial charge on any atom is 0.304 e. The Morgan fingerprint density at radius 3 is 2.50 bits per heavy atom. The molecule has 0 aromatic rings. The van der Waals surface area contributed by atoms with E-state index >= 15 is 0 Å². The normalized spacial score (nSPS) is 32.5. The van der Waals surface area contributed by atoms with E-state index in [1.165, 1.54) is 6.42 Å². The summed E-state index contributed by atoms with van der Waals surface area (Å²) in [7, 11) is 0. The molecule has 0 amide bonds. The van der Waals surface area contributed by atoms with Crippen molar-refractivity contribution in [3.63, 3.8) is 0 Å². The molecule has 1 rings (SSSR count). The Kier molecular flexibility index (Phi) is 3.73. The minimum atomic E-state index is -0.695. The second-order valence-electron chi connectivity index (χ2n) is 4.49. The molecule has 14 heavy (non-hydrogen) atoms. The van der Waals surface area contributed by atoms with E-state index in [2.05, 4.69) is 13.5 Å². The number of allylic oxidation sites excluding steroid dienone is 1. The highest BCUT2D eigenvalue weighted by molar-refractivity contribution is 5.68. The van der Waals surface area contributed by atoms with E-state index in [-0.39, 0.29) is 11.8 Å². The van der Waals surface area contributed by atoms with E-state index in [1.807, 2.05) is 6.08 Å². The van der Waals surface area contributed by atoms with Crippen LogP contribution in [0.1, 0.15) is 45.4 Å². The Labute approximate surface area is 86.0 Å². The Bertz CT molecular complexity index is 212. The highest BCUT2D eigenvalue weighted by Crippen LogP contribution is 2.43. The fourth-order valence-electron chi connectivity index (χ4n) is 2.41. The summed E-state index contributed by atoms with van der Waals surface area (Å²) < 4.78 is 0. The van der Waals surface area contributed by atoms with Crippen molar-refractivity contribution in [3.8, 4) is 0 Å². The minimum Gasteiger partial charge on any atom is -0.481 e. The summed E-state index contributed by atoms with van der Waals surface area (Å²) >= 11 is 0. The smallest absolute Gasteiger partial charge is 0.304 e. The highest BCUT2D eigenvalue weighted by atomic mass is 16.4. The van der Waals surface area contributed by atoms with Crippen LogP contribution in [0.4, 0.5) is 0 Å². The molecule has 80 valence electrons. The van der Waals surface area contributed by atoms with Crippen LogP contribution < -0.4 is 0 Å². The van der Waals surface area contributed by atoms with Gasteiger partial charge in [0.25, 0.3) is 0 Å². The standard InChI is InChI=1S/C12H20O2/c1-3-10-5-7-12(4-2,8-6-10)9-11(13)14/h4,10H,2-3,5-9H2,1H3,(H,13,14). The molecule has 0 radical (unpaired) electrons. The zero-order chi connectivity index (χ0) is 10.6. The van der Waals surface area contributed by atoms with Crippen molar-refractivity contribution in [3.05, 3.63) is 12.7 Å². The third-order valence-corrected chi connectivity index (χ3v) is 3.61. The summed E-state index contributed by atoms with van der Waals surface area (Å²) in [6.07, 6.45) is 7.68. The lowest BCUT2D eigenvalue weighted by molar-refractivity contribution is -0.139. The fourth-order valence-corrected chi connectivity index (χ4v) is 2.41. The molecule has 1 aliphatic rings. The van der Waals surface area contributed by atoms with E-state index < -0.39 is 5.97 Å². The lowest BCUT2D eigenvalue weighted by Gasteiger charge is -2.36. The van der Waals surface area contributed by atoms with Gasteiger partial charge in [-0.1, -0.05) is 19.4 Å². The van der Waals surface area contributed by atoms with Gasteiger partial charge in [0.1, 0.15) is 0 Å². The third-order valence-electron chi connectivity index (χ3n) is 3.61. The van der Waals surface area contributed by atoms with Crippen molar-refractivity contribution in [2.75, 3.05) is 0 Å². The Balaban J connectivity index is 2.56. The largest absolute Gasteiger partial charge is 0.481 e. The first-order valence-electron chi connectivity index (χ1n) is 5.47. The van der Waals surface area contributed by atoms with Crippen molar-refractivity contribution in [2.24, 2.45) is 11.3 Å².